The van der Waals surface area contributed by atoms with Crippen LogP contribution >= 0.6 is 0 Å². The van der Waals surface area contributed by atoms with Gasteiger partial charge in [-0.25, -0.2) is 0 Å². The molecular weight excluding hydrogens is 228 g/mol. The Kier molecular flexibility index (Phi) is 5.65. The second-order valence-electron chi connectivity index (χ2n) is 4.70. The maximum Gasteiger partial charge on any atom is 0.224 e. The van der Waals surface area contributed by atoms with Gasteiger partial charge in [-0.2, -0.15) is 0 Å². The van der Waals surface area contributed by atoms with Gasteiger partial charge in [-0.05, 0) is 38.5 Å². The van der Waals surface area contributed by atoms with Crippen LogP contribution in [0, 0.1) is 0 Å². The van der Waals surface area contributed by atoms with Gasteiger partial charge < -0.3 is 15.8 Å². The van der Waals surface area contributed by atoms with Crippen molar-refractivity contribution in [1.82, 2.24) is 5.32 Å². The SMILES string of the molecule is CC(C)Oc1cccc(CC(=O)N[C@@H](C)CN)c1. The first-order valence-corrected chi connectivity index (χ1v) is 6.26. The number of ether oxygens (including phenoxy) is 1. The molecule has 0 aromatic heterocycles. The molecule has 0 aliphatic heterocycles. The molecule has 0 fully saturated rings. The predicted octanol–water partition coefficient (Wildman–Crippen LogP) is 1.48. The lowest BCUT2D eigenvalue weighted by Gasteiger charge is -2.13. The number of hydrogen-bond acceptors (Lipinski definition) is 3. The zero-order valence-electron chi connectivity index (χ0n) is 11.3. The second-order valence-corrected chi connectivity index (χ2v) is 4.70. The maximum atomic E-state index is 11.7. The summed E-state index contributed by atoms with van der Waals surface area (Å²) >= 11 is 0. The summed E-state index contributed by atoms with van der Waals surface area (Å²) in [5, 5.41) is 2.83. The van der Waals surface area contributed by atoms with Crippen LogP contribution in [0.1, 0.15) is 26.3 Å². The van der Waals surface area contributed by atoms with Gasteiger partial charge in [-0.15, -0.1) is 0 Å². The van der Waals surface area contributed by atoms with Crippen LogP contribution in [0.2, 0.25) is 0 Å². The summed E-state index contributed by atoms with van der Waals surface area (Å²) in [6.45, 7) is 6.28. The van der Waals surface area contributed by atoms with Gasteiger partial charge in [0.15, 0.2) is 0 Å². The topological polar surface area (TPSA) is 64.3 Å². The number of nitrogens with one attached hydrogen (secondary N) is 1. The molecule has 0 saturated carbocycles. The Morgan fingerprint density at radius 1 is 1.39 bits per heavy atom. The molecule has 1 aromatic carbocycles. The average molecular weight is 250 g/mol. The average Bonchev–Trinajstić information content (AvgIpc) is 2.28. The lowest BCUT2D eigenvalue weighted by molar-refractivity contribution is -0.120. The molecule has 4 nitrogen and oxygen atoms in total. The van der Waals surface area contributed by atoms with Gasteiger partial charge in [0.25, 0.3) is 0 Å². The van der Waals surface area contributed by atoms with E-state index in [1.54, 1.807) is 0 Å². The van der Waals surface area contributed by atoms with E-state index in [4.69, 9.17) is 10.5 Å². The summed E-state index contributed by atoms with van der Waals surface area (Å²) in [5.74, 6) is 0.775. The lowest BCUT2D eigenvalue weighted by Crippen LogP contribution is -2.38. The maximum absolute atomic E-state index is 11.7. The third-order valence-electron chi connectivity index (χ3n) is 2.40. The van der Waals surface area contributed by atoms with Crippen molar-refractivity contribution in [2.75, 3.05) is 6.54 Å². The summed E-state index contributed by atoms with van der Waals surface area (Å²) in [4.78, 5) is 11.7. The number of carbonyl (C=O) groups is 1. The van der Waals surface area contributed by atoms with Crippen LogP contribution in [0.3, 0.4) is 0 Å². The van der Waals surface area contributed by atoms with Crippen LogP contribution in [-0.4, -0.2) is 24.6 Å². The molecule has 0 aliphatic carbocycles. The highest BCUT2D eigenvalue weighted by atomic mass is 16.5. The van der Waals surface area contributed by atoms with Crippen molar-refractivity contribution < 1.29 is 9.53 Å². The van der Waals surface area contributed by atoms with E-state index < -0.39 is 0 Å². The molecule has 0 heterocycles. The van der Waals surface area contributed by atoms with Crippen LogP contribution in [0.25, 0.3) is 0 Å². The molecule has 3 N–H and O–H groups in total. The van der Waals surface area contributed by atoms with E-state index in [1.807, 2.05) is 45.0 Å². The van der Waals surface area contributed by atoms with Gasteiger partial charge in [0.1, 0.15) is 5.75 Å². The molecule has 0 bridgehead atoms. The molecule has 0 saturated heterocycles. The summed E-state index contributed by atoms with van der Waals surface area (Å²) in [6, 6.07) is 7.61. The Bertz CT molecular complexity index is 391. The summed E-state index contributed by atoms with van der Waals surface area (Å²) in [6.07, 6.45) is 0.478. The number of amides is 1. The molecule has 0 unspecified atom stereocenters. The van der Waals surface area contributed by atoms with Crippen LogP contribution in [0.5, 0.6) is 5.75 Å². The van der Waals surface area contributed by atoms with E-state index in [1.165, 1.54) is 0 Å². The van der Waals surface area contributed by atoms with E-state index in [9.17, 15) is 4.79 Å². The molecule has 1 amide bonds. The van der Waals surface area contributed by atoms with Crippen molar-refractivity contribution in [2.24, 2.45) is 5.73 Å². The molecule has 0 radical (unpaired) electrons. The van der Waals surface area contributed by atoms with Crippen molar-refractivity contribution >= 4 is 5.91 Å². The van der Waals surface area contributed by atoms with Gasteiger partial charge in [-0.3, -0.25) is 4.79 Å². The molecule has 0 aliphatic rings. The van der Waals surface area contributed by atoms with E-state index in [0.29, 0.717) is 13.0 Å². The quantitative estimate of drug-likeness (QED) is 0.803. The summed E-state index contributed by atoms with van der Waals surface area (Å²) in [7, 11) is 0. The fourth-order valence-corrected chi connectivity index (χ4v) is 1.57. The third-order valence-corrected chi connectivity index (χ3v) is 2.40. The fourth-order valence-electron chi connectivity index (χ4n) is 1.57. The Morgan fingerprint density at radius 3 is 2.72 bits per heavy atom. The van der Waals surface area contributed by atoms with Crippen molar-refractivity contribution in [2.45, 2.75) is 39.3 Å². The zero-order chi connectivity index (χ0) is 13.5. The Morgan fingerprint density at radius 2 is 2.11 bits per heavy atom. The highest BCUT2D eigenvalue weighted by molar-refractivity contribution is 5.78. The van der Waals surface area contributed by atoms with Crippen LogP contribution < -0.4 is 15.8 Å². The molecule has 4 heteroatoms. The first kappa shape index (κ1) is 14.5. The second kappa shape index (κ2) is 7.01. The zero-order valence-corrected chi connectivity index (χ0v) is 11.3. The number of benzene rings is 1. The number of carbonyl (C=O) groups excluding carboxylic acids is 1. The van der Waals surface area contributed by atoms with E-state index in [2.05, 4.69) is 5.32 Å². The minimum atomic E-state index is -0.0188. The Labute approximate surface area is 109 Å². The first-order chi connectivity index (χ1) is 8.51. The number of nitrogens with two attached hydrogens (primary N) is 1. The standard InChI is InChI=1S/C14H22N2O2/c1-10(2)18-13-6-4-5-12(7-13)8-14(17)16-11(3)9-15/h4-7,10-11H,8-9,15H2,1-3H3,(H,16,17)/t11-/m0/s1. The van der Waals surface area contributed by atoms with E-state index in [-0.39, 0.29) is 18.1 Å². The smallest absolute Gasteiger partial charge is 0.224 e. The molecule has 1 aromatic rings. The van der Waals surface area contributed by atoms with Crippen LogP contribution in [0.15, 0.2) is 24.3 Å². The normalized spacial score (nSPS) is 12.3. The third kappa shape index (κ3) is 5.19. The summed E-state index contributed by atoms with van der Waals surface area (Å²) < 4.78 is 5.59. The number of rotatable bonds is 6. The van der Waals surface area contributed by atoms with Gasteiger partial charge >= 0.3 is 0 Å². The molecular formula is C14H22N2O2. The monoisotopic (exact) mass is 250 g/mol. The molecule has 1 atom stereocenters. The Hall–Kier alpha value is -1.55. The Balaban J connectivity index is 2.59. The molecule has 18 heavy (non-hydrogen) atoms. The van der Waals surface area contributed by atoms with Gasteiger partial charge in [0.05, 0.1) is 12.5 Å². The van der Waals surface area contributed by atoms with Gasteiger partial charge in [0, 0.05) is 12.6 Å². The van der Waals surface area contributed by atoms with Crippen molar-refractivity contribution in [3.05, 3.63) is 29.8 Å². The van der Waals surface area contributed by atoms with Crippen molar-refractivity contribution in [3.63, 3.8) is 0 Å². The highest BCUT2D eigenvalue weighted by Gasteiger charge is 2.07. The molecule has 0 spiro atoms. The highest BCUT2D eigenvalue weighted by Crippen LogP contribution is 2.15. The largest absolute Gasteiger partial charge is 0.491 e. The van der Waals surface area contributed by atoms with Crippen molar-refractivity contribution in [3.8, 4) is 5.75 Å². The minimum Gasteiger partial charge on any atom is -0.491 e. The first-order valence-electron chi connectivity index (χ1n) is 6.26. The fraction of sp³-hybridized carbons (Fsp3) is 0.500. The molecule has 100 valence electrons. The lowest BCUT2D eigenvalue weighted by atomic mass is 10.1. The predicted molar refractivity (Wildman–Crippen MR) is 72.6 cm³/mol. The van der Waals surface area contributed by atoms with E-state index in [0.717, 1.165) is 11.3 Å². The van der Waals surface area contributed by atoms with Crippen molar-refractivity contribution in [1.29, 1.82) is 0 Å². The molecule has 1 rings (SSSR count). The van der Waals surface area contributed by atoms with E-state index >= 15 is 0 Å². The van der Waals surface area contributed by atoms with Gasteiger partial charge in [0.2, 0.25) is 5.91 Å². The number of hydrogen-bond donors (Lipinski definition) is 2. The summed E-state index contributed by atoms with van der Waals surface area (Å²) in [5.41, 5.74) is 6.40. The van der Waals surface area contributed by atoms with Gasteiger partial charge in [-0.1, -0.05) is 12.1 Å². The van der Waals surface area contributed by atoms with Crippen LogP contribution in [0.4, 0.5) is 0 Å². The van der Waals surface area contributed by atoms with Crippen LogP contribution in [-0.2, 0) is 11.2 Å². The minimum absolute atomic E-state index is 0.00703.